The molecule has 0 saturated carbocycles. The van der Waals surface area contributed by atoms with Gasteiger partial charge in [0.15, 0.2) is 0 Å². The topological polar surface area (TPSA) is 95.9 Å². The summed E-state index contributed by atoms with van der Waals surface area (Å²) in [6, 6.07) is -0.737. The summed E-state index contributed by atoms with van der Waals surface area (Å²) in [5.41, 5.74) is 0. The molecule has 0 heterocycles. The molecule has 0 radical (unpaired) electrons. The molecule has 3 N–H and O–H groups in total. The van der Waals surface area contributed by atoms with Gasteiger partial charge >= 0.3 is 5.97 Å². The van der Waals surface area contributed by atoms with E-state index in [4.69, 9.17) is 4.74 Å². The molecule has 3 atom stereocenters. The molecule has 0 aliphatic carbocycles. The van der Waals surface area contributed by atoms with Gasteiger partial charge in [0.1, 0.15) is 6.10 Å². The van der Waals surface area contributed by atoms with Gasteiger partial charge in [0, 0.05) is 6.42 Å². The molecule has 336 valence electrons. The van der Waals surface area contributed by atoms with Gasteiger partial charge in [-0.1, -0.05) is 210 Å². The van der Waals surface area contributed by atoms with Crippen molar-refractivity contribution in [2.24, 2.45) is 0 Å². The number of aliphatic hydroxyl groups excluding tert-OH is 2. The zero-order chi connectivity index (χ0) is 42.4. The first-order valence-electron chi connectivity index (χ1n) is 24.5. The number of unbranched alkanes of at least 4 members (excludes halogenated alkanes) is 23. The maximum atomic E-state index is 13.1. The molecule has 0 aliphatic rings. The average Bonchev–Trinajstić information content (AvgIpc) is 3.22. The summed E-state index contributed by atoms with van der Waals surface area (Å²) in [6.07, 6.45) is 56.0. The lowest BCUT2D eigenvalue weighted by Gasteiger charge is -2.23. The van der Waals surface area contributed by atoms with Crippen LogP contribution in [0.1, 0.15) is 233 Å². The van der Waals surface area contributed by atoms with E-state index in [0.29, 0.717) is 19.3 Å². The molecule has 0 aromatic carbocycles. The van der Waals surface area contributed by atoms with Crippen LogP contribution >= 0.6 is 0 Å². The zero-order valence-electron chi connectivity index (χ0n) is 38.2. The van der Waals surface area contributed by atoms with Crippen LogP contribution in [0.15, 0.2) is 60.8 Å². The summed E-state index contributed by atoms with van der Waals surface area (Å²) >= 11 is 0. The Kier molecular flexibility index (Phi) is 43.7. The van der Waals surface area contributed by atoms with Crippen LogP contribution < -0.4 is 5.32 Å². The van der Waals surface area contributed by atoms with Crippen molar-refractivity contribution < 1.29 is 24.5 Å². The molecule has 1 amide bonds. The van der Waals surface area contributed by atoms with Gasteiger partial charge in [-0.2, -0.15) is 0 Å². The van der Waals surface area contributed by atoms with Gasteiger partial charge in [-0.05, 0) is 70.3 Å². The number of amides is 1. The van der Waals surface area contributed by atoms with Gasteiger partial charge < -0.3 is 20.3 Å². The smallest absolute Gasteiger partial charge is 0.306 e. The molecule has 0 aromatic rings. The molecule has 6 heteroatoms. The highest BCUT2D eigenvalue weighted by Crippen LogP contribution is 2.16. The first-order valence-corrected chi connectivity index (χ1v) is 24.5. The van der Waals surface area contributed by atoms with Crippen LogP contribution in [0.5, 0.6) is 0 Å². The SMILES string of the molecule is CC/C=C/C/C=C/C/C=C/CCCCCCC(=O)OC(/C=C/C/C=C\CCCCCCCC)CC(=O)NC(CO)C(O)CCCCCCCCCCCCCCCC. The Morgan fingerprint density at radius 2 is 0.966 bits per heavy atom. The Morgan fingerprint density at radius 3 is 1.47 bits per heavy atom. The van der Waals surface area contributed by atoms with Crippen LogP contribution in [-0.4, -0.2) is 46.9 Å². The number of carbonyl (C=O) groups excluding carboxylic acids is 2. The molecule has 0 bridgehead atoms. The summed E-state index contributed by atoms with van der Waals surface area (Å²) in [7, 11) is 0. The molecule has 6 nitrogen and oxygen atoms in total. The standard InChI is InChI=1S/C52H93NO5/c1-4-7-10-13-16-19-22-24-26-29-32-35-38-41-44-50(55)49(47-54)53-51(56)46-48(43-40-37-34-31-28-21-18-15-12-9-6-3)58-52(57)45-42-39-36-33-30-27-25-23-20-17-14-11-8-5-2/h8,11,17,20,25,27,31,34,40,43,48-50,54-55H,4-7,9-10,12-16,18-19,21-24,26,28-30,32-33,35-39,41-42,44-47H2,1-3H3,(H,53,56)/b11-8+,20-17+,27-25+,34-31-,43-40+. The first-order chi connectivity index (χ1) is 28.5. The summed E-state index contributed by atoms with van der Waals surface area (Å²) < 4.78 is 5.80. The van der Waals surface area contributed by atoms with Gasteiger partial charge in [0.05, 0.1) is 25.2 Å². The lowest BCUT2D eigenvalue weighted by atomic mass is 10.0. The summed E-state index contributed by atoms with van der Waals surface area (Å²) in [4.78, 5) is 26.0. The highest BCUT2D eigenvalue weighted by molar-refractivity contribution is 5.78. The van der Waals surface area contributed by atoms with E-state index in [1.54, 1.807) is 0 Å². The normalized spacial score (nSPS) is 13.8. The third kappa shape index (κ3) is 40.3. The molecule has 0 rings (SSSR count). The second kappa shape index (κ2) is 45.6. The number of hydrogen-bond acceptors (Lipinski definition) is 5. The second-order valence-electron chi connectivity index (χ2n) is 16.5. The number of ether oxygens (including phenoxy) is 1. The lowest BCUT2D eigenvalue weighted by Crippen LogP contribution is -2.46. The molecule has 0 spiro atoms. The van der Waals surface area contributed by atoms with E-state index < -0.39 is 18.2 Å². The highest BCUT2D eigenvalue weighted by Gasteiger charge is 2.23. The predicted octanol–water partition coefficient (Wildman–Crippen LogP) is 14.5. The summed E-state index contributed by atoms with van der Waals surface area (Å²) in [6.45, 7) is 6.32. The minimum atomic E-state index is -0.815. The van der Waals surface area contributed by atoms with E-state index in [2.05, 4.69) is 74.7 Å². The van der Waals surface area contributed by atoms with E-state index in [0.717, 1.165) is 77.0 Å². The van der Waals surface area contributed by atoms with Crippen LogP contribution in [0, 0.1) is 0 Å². The lowest BCUT2D eigenvalue weighted by molar-refractivity contribution is -0.148. The zero-order valence-corrected chi connectivity index (χ0v) is 38.2. The van der Waals surface area contributed by atoms with Crippen molar-refractivity contribution in [3.8, 4) is 0 Å². The maximum Gasteiger partial charge on any atom is 0.306 e. The third-order valence-electron chi connectivity index (χ3n) is 10.8. The molecule has 0 aromatic heterocycles. The van der Waals surface area contributed by atoms with E-state index >= 15 is 0 Å². The van der Waals surface area contributed by atoms with E-state index in [1.165, 1.54) is 109 Å². The monoisotopic (exact) mass is 812 g/mol. The Morgan fingerprint density at radius 1 is 0.534 bits per heavy atom. The van der Waals surface area contributed by atoms with Gasteiger partial charge in [0.2, 0.25) is 5.91 Å². The Balaban J connectivity index is 4.65. The van der Waals surface area contributed by atoms with Crippen molar-refractivity contribution >= 4 is 11.9 Å². The maximum absolute atomic E-state index is 13.1. The van der Waals surface area contributed by atoms with Crippen LogP contribution in [0.2, 0.25) is 0 Å². The number of nitrogens with one attached hydrogen (secondary N) is 1. The van der Waals surface area contributed by atoms with E-state index in [9.17, 15) is 19.8 Å². The number of aliphatic hydroxyl groups is 2. The minimum Gasteiger partial charge on any atom is -0.458 e. The van der Waals surface area contributed by atoms with Crippen LogP contribution in [0.25, 0.3) is 0 Å². The summed E-state index contributed by atoms with van der Waals surface area (Å²) in [5.74, 6) is -0.630. The van der Waals surface area contributed by atoms with Gasteiger partial charge in [-0.15, -0.1) is 0 Å². The highest BCUT2D eigenvalue weighted by atomic mass is 16.5. The third-order valence-corrected chi connectivity index (χ3v) is 10.8. The fourth-order valence-corrected chi connectivity index (χ4v) is 7.12. The van der Waals surface area contributed by atoms with E-state index in [1.807, 2.05) is 12.2 Å². The largest absolute Gasteiger partial charge is 0.458 e. The number of hydrogen-bond donors (Lipinski definition) is 3. The van der Waals surface area contributed by atoms with Gasteiger partial charge in [-0.3, -0.25) is 9.59 Å². The molecule has 58 heavy (non-hydrogen) atoms. The number of rotatable bonds is 43. The molecule has 0 aliphatic heterocycles. The first kappa shape index (κ1) is 55.6. The molecular formula is C52H93NO5. The van der Waals surface area contributed by atoms with Crippen LogP contribution in [0.4, 0.5) is 0 Å². The van der Waals surface area contributed by atoms with Crippen LogP contribution in [-0.2, 0) is 14.3 Å². The molecular weight excluding hydrogens is 719 g/mol. The van der Waals surface area contributed by atoms with Gasteiger partial charge in [0.25, 0.3) is 0 Å². The van der Waals surface area contributed by atoms with Crippen molar-refractivity contribution in [2.45, 2.75) is 251 Å². The van der Waals surface area contributed by atoms with Crippen molar-refractivity contribution in [3.63, 3.8) is 0 Å². The Labute approximate surface area is 358 Å². The molecule has 0 fully saturated rings. The number of allylic oxidation sites excluding steroid dienone is 9. The fraction of sp³-hybridized carbons (Fsp3) is 0.769. The predicted molar refractivity (Wildman–Crippen MR) is 250 cm³/mol. The van der Waals surface area contributed by atoms with Crippen molar-refractivity contribution in [2.75, 3.05) is 6.61 Å². The average molecular weight is 812 g/mol. The molecule has 3 unspecified atom stereocenters. The number of esters is 1. The number of carbonyl (C=O) groups is 2. The quantitative estimate of drug-likeness (QED) is 0.0324. The summed E-state index contributed by atoms with van der Waals surface area (Å²) in [5, 5.41) is 23.7. The minimum absolute atomic E-state index is 0.0389. The molecule has 0 saturated heterocycles. The fourth-order valence-electron chi connectivity index (χ4n) is 7.12. The van der Waals surface area contributed by atoms with Crippen molar-refractivity contribution in [3.05, 3.63) is 60.8 Å². The second-order valence-corrected chi connectivity index (χ2v) is 16.5. The Bertz CT molecular complexity index is 1050. The van der Waals surface area contributed by atoms with Gasteiger partial charge in [-0.25, -0.2) is 0 Å². The Hall–Kier alpha value is -2.44. The van der Waals surface area contributed by atoms with Crippen molar-refractivity contribution in [1.29, 1.82) is 0 Å². The van der Waals surface area contributed by atoms with Crippen LogP contribution in [0.3, 0.4) is 0 Å². The van der Waals surface area contributed by atoms with Crippen molar-refractivity contribution in [1.82, 2.24) is 5.32 Å². The van der Waals surface area contributed by atoms with E-state index in [-0.39, 0.29) is 24.9 Å².